The molecule has 0 aliphatic carbocycles. The molecule has 1 fully saturated rings. The highest BCUT2D eigenvalue weighted by Gasteiger charge is 2.35. The molecular weight excluding hydrogens is 422 g/mol. The molecule has 1 atom stereocenters. The minimum atomic E-state index is -0.494. The maximum atomic E-state index is 13.3. The fourth-order valence-corrected chi connectivity index (χ4v) is 5.23. The lowest BCUT2D eigenvalue weighted by atomic mass is 10.0. The highest BCUT2D eigenvalue weighted by molar-refractivity contribution is 7.99. The lowest BCUT2D eigenvalue weighted by molar-refractivity contribution is -0.124. The number of carbonyl (C=O) groups is 2. The van der Waals surface area contributed by atoms with Gasteiger partial charge in [0.1, 0.15) is 6.04 Å². The normalized spacial score (nSPS) is 15.9. The molecule has 0 unspecified atom stereocenters. The fourth-order valence-electron chi connectivity index (χ4n) is 4.08. The van der Waals surface area contributed by atoms with Gasteiger partial charge in [0.2, 0.25) is 5.91 Å². The summed E-state index contributed by atoms with van der Waals surface area (Å²) in [6.45, 7) is 0.389. The van der Waals surface area contributed by atoms with Crippen LogP contribution in [0.15, 0.2) is 67.1 Å². The molecule has 2 aromatic carbocycles. The van der Waals surface area contributed by atoms with E-state index in [1.165, 1.54) is 0 Å². The van der Waals surface area contributed by atoms with Crippen molar-refractivity contribution < 1.29 is 9.59 Å². The van der Waals surface area contributed by atoms with E-state index in [0.29, 0.717) is 23.7 Å². The van der Waals surface area contributed by atoms with E-state index in [0.717, 1.165) is 27.6 Å². The summed E-state index contributed by atoms with van der Waals surface area (Å²) in [6, 6.07) is 15.2. The van der Waals surface area contributed by atoms with Gasteiger partial charge in [0.05, 0.1) is 17.6 Å². The number of aryl methyl sites for hydroxylation is 1. The number of hydrogen-bond donors (Lipinski definition) is 2. The summed E-state index contributed by atoms with van der Waals surface area (Å²) in [6.07, 6.45) is 5.50. The number of nitrogens with zero attached hydrogens (tertiary/aromatic N) is 3. The zero-order chi connectivity index (χ0) is 22.1. The maximum absolute atomic E-state index is 13.3. The maximum Gasteiger partial charge on any atom is 0.257 e. The van der Waals surface area contributed by atoms with Crippen LogP contribution in [0.2, 0.25) is 0 Å². The van der Waals surface area contributed by atoms with Crippen molar-refractivity contribution in [2.45, 2.75) is 12.6 Å². The van der Waals surface area contributed by atoms with E-state index < -0.39 is 6.04 Å². The predicted octanol–water partition coefficient (Wildman–Crippen LogP) is 3.40. The van der Waals surface area contributed by atoms with Crippen molar-refractivity contribution in [1.29, 1.82) is 0 Å². The summed E-state index contributed by atoms with van der Waals surface area (Å²) in [7, 11) is 1.88. The minimum Gasteiger partial charge on any atom is -0.360 e. The van der Waals surface area contributed by atoms with Gasteiger partial charge in [-0.3, -0.25) is 14.3 Å². The molecule has 1 aliphatic rings. The molecular formula is C24H23N5O2S. The van der Waals surface area contributed by atoms with Gasteiger partial charge in [-0.2, -0.15) is 5.10 Å². The number of benzene rings is 2. The summed E-state index contributed by atoms with van der Waals surface area (Å²) >= 11 is 1.60. The van der Waals surface area contributed by atoms with Crippen molar-refractivity contribution in [3.63, 3.8) is 0 Å². The molecule has 2 amide bonds. The number of aromatic amines is 1. The van der Waals surface area contributed by atoms with E-state index >= 15 is 0 Å². The van der Waals surface area contributed by atoms with Gasteiger partial charge in [-0.15, -0.1) is 11.8 Å². The SMILES string of the molecule is Cn1cc(-c2ccccc2CNC(=O)[C@H]2CSCN2C(=O)c2c[nH]c3ccccc23)cn1. The molecule has 0 saturated carbocycles. The molecule has 2 N–H and O–H groups in total. The second kappa shape index (κ2) is 8.55. The number of rotatable bonds is 5. The Morgan fingerprint density at radius 1 is 1.19 bits per heavy atom. The lowest BCUT2D eigenvalue weighted by Gasteiger charge is -2.23. The summed E-state index contributed by atoms with van der Waals surface area (Å²) in [5.74, 6) is 0.833. The predicted molar refractivity (Wildman–Crippen MR) is 126 cm³/mol. The Morgan fingerprint density at radius 2 is 2.00 bits per heavy atom. The van der Waals surface area contributed by atoms with Gasteiger partial charge in [-0.1, -0.05) is 42.5 Å². The number of nitrogens with one attached hydrogen (secondary N) is 2. The van der Waals surface area contributed by atoms with Gasteiger partial charge in [-0.25, -0.2) is 0 Å². The van der Waals surface area contributed by atoms with Crippen LogP contribution >= 0.6 is 11.8 Å². The minimum absolute atomic E-state index is 0.122. The van der Waals surface area contributed by atoms with Crippen LogP contribution in [-0.4, -0.2) is 49.2 Å². The first kappa shape index (κ1) is 20.4. The fraction of sp³-hybridized carbons (Fsp3) is 0.208. The third-order valence-corrected chi connectivity index (χ3v) is 6.76. The van der Waals surface area contributed by atoms with Gasteiger partial charge in [-0.05, 0) is 17.2 Å². The van der Waals surface area contributed by atoms with E-state index in [4.69, 9.17) is 0 Å². The number of amides is 2. The first-order valence-corrected chi connectivity index (χ1v) is 11.6. The lowest BCUT2D eigenvalue weighted by Crippen LogP contribution is -2.47. The van der Waals surface area contributed by atoms with Crippen LogP contribution in [0.25, 0.3) is 22.0 Å². The van der Waals surface area contributed by atoms with Crippen molar-refractivity contribution in [2.75, 3.05) is 11.6 Å². The first-order chi connectivity index (χ1) is 15.6. The molecule has 1 aliphatic heterocycles. The zero-order valence-electron chi connectivity index (χ0n) is 17.6. The van der Waals surface area contributed by atoms with Crippen molar-refractivity contribution in [3.8, 4) is 11.1 Å². The Labute approximate surface area is 189 Å². The number of aromatic nitrogens is 3. The third kappa shape index (κ3) is 3.78. The second-order valence-corrected chi connectivity index (χ2v) is 8.82. The topological polar surface area (TPSA) is 83.0 Å². The van der Waals surface area contributed by atoms with Crippen molar-refractivity contribution in [1.82, 2.24) is 25.0 Å². The van der Waals surface area contributed by atoms with Gasteiger partial charge in [0.25, 0.3) is 5.91 Å². The number of para-hydroxylation sites is 1. The number of thioether (sulfide) groups is 1. The summed E-state index contributed by atoms with van der Waals surface area (Å²) in [4.78, 5) is 31.1. The molecule has 0 bridgehead atoms. The molecule has 3 heterocycles. The van der Waals surface area contributed by atoms with Gasteiger partial charge in [0, 0.05) is 48.2 Å². The monoisotopic (exact) mass is 445 g/mol. The molecule has 1 saturated heterocycles. The second-order valence-electron chi connectivity index (χ2n) is 7.82. The molecule has 162 valence electrons. The molecule has 0 radical (unpaired) electrons. The van der Waals surface area contributed by atoms with Crippen LogP contribution < -0.4 is 5.32 Å². The van der Waals surface area contributed by atoms with Crippen molar-refractivity contribution in [2.24, 2.45) is 7.05 Å². The highest BCUT2D eigenvalue weighted by Crippen LogP contribution is 2.27. The van der Waals surface area contributed by atoms with Crippen LogP contribution in [0.5, 0.6) is 0 Å². The Kier molecular flexibility index (Phi) is 5.45. The quantitative estimate of drug-likeness (QED) is 0.493. The molecule has 7 nitrogen and oxygen atoms in total. The first-order valence-electron chi connectivity index (χ1n) is 10.4. The van der Waals surface area contributed by atoms with E-state index in [1.807, 2.05) is 68.0 Å². The molecule has 32 heavy (non-hydrogen) atoms. The van der Waals surface area contributed by atoms with Crippen LogP contribution in [-0.2, 0) is 18.4 Å². The average Bonchev–Trinajstić information content (AvgIpc) is 3.56. The molecule has 2 aromatic heterocycles. The van der Waals surface area contributed by atoms with E-state index in [2.05, 4.69) is 15.4 Å². The molecule has 4 aromatic rings. The molecule has 8 heteroatoms. The van der Waals surface area contributed by atoms with Crippen LogP contribution in [0.4, 0.5) is 0 Å². The molecule has 5 rings (SSSR count). The highest BCUT2D eigenvalue weighted by atomic mass is 32.2. The zero-order valence-corrected chi connectivity index (χ0v) is 18.4. The number of H-pyrrole nitrogens is 1. The van der Waals surface area contributed by atoms with E-state index in [1.54, 1.807) is 27.5 Å². The average molecular weight is 446 g/mol. The summed E-state index contributed by atoms with van der Waals surface area (Å²) < 4.78 is 1.76. The van der Waals surface area contributed by atoms with Crippen molar-refractivity contribution in [3.05, 3.63) is 78.2 Å². The van der Waals surface area contributed by atoms with Gasteiger partial charge in [0.15, 0.2) is 0 Å². The van der Waals surface area contributed by atoms with E-state index in [-0.39, 0.29) is 11.8 Å². The largest absolute Gasteiger partial charge is 0.360 e. The number of hydrogen-bond acceptors (Lipinski definition) is 4. The summed E-state index contributed by atoms with van der Waals surface area (Å²) in [5.41, 5.74) is 4.56. The van der Waals surface area contributed by atoms with Gasteiger partial charge >= 0.3 is 0 Å². The number of fused-ring (bicyclic) bond motifs is 1. The van der Waals surface area contributed by atoms with Crippen LogP contribution in [0, 0.1) is 0 Å². The molecule has 0 spiro atoms. The Morgan fingerprint density at radius 3 is 2.84 bits per heavy atom. The summed E-state index contributed by atoms with van der Waals surface area (Å²) in [5, 5.41) is 8.17. The van der Waals surface area contributed by atoms with E-state index in [9.17, 15) is 9.59 Å². The Balaban J connectivity index is 1.31. The Bertz CT molecular complexity index is 1290. The smallest absolute Gasteiger partial charge is 0.257 e. The van der Waals surface area contributed by atoms with Gasteiger partial charge < -0.3 is 15.2 Å². The van der Waals surface area contributed by atoms with Crippen LogP contribution in [0.1, 0.15) is 15.9 Å². The number of carbonyl (C=O) groups excluding carboxylic acids is 2. The van der Waals surface area contributed by atoms with Crippen LogP contribution in [0.3, 0.4) is 0 Å². The Hall–Kier alpha value is -3.52. The standard InChI is InChI=1S/C24H23N5O2S/c1-28-13-17(11-27-28)18-7-3-2-6-16(18)10-26-23(30)22-14-32-15-29(22)24(31)20-12-25-21-9-5-4-8-19(20)21/h2-9,11-13,22,25H,10,14-15H2,1H3,(H,26,30)/t22-/m1/s1. The third-order valence-electron chi connectivity index (χ3n) is 5.75. The van der Waals surface area contributed by atoms with Crippen molar-refractivity contribution >= 4 is 34.5 Å².